The molecule has 0 saturated heterocycles. The first-order chi connectivity index (χ1) is 12.7. The van der Waals surface area contributed by atoms with Gasteiger partial charge in [-0.05, 0) is 36.1 Å². The molecule has 0 aliphatic rings. The van der Waals surface area contributed by atoms with Gasteiger partial charge in [-0.2, -0.15) is 0 Å². The molecule has 6 heteroatoms. The normalized spacial score (nSPS) is 11.9. The van der Waals surface area contributed by atoms with Crippen molar-refractivity contribution in [2.24, 2.45) is 4.99 Å². The van der Waals surface area contributed by atoms with Crippen molar-refractivity contribution >= 4 is 29.9 Å². The first-order valence-electron chi connectivity index (χ1n) is 8.96. The van der Waals surface area contributed by atoms with Gasteiger partial charge in [0, 0.05) is 13.1 Å². The van der Waals surface area contributed by atoms with Gasteiger partial charge in [-0.3, -0.25) is 0 Å². The van der Waals surface area contributed by atoms with Crippen molar-refractivity contribution < 1.29 is 9.47 Å². The highest BCUT2D eigenvalue weighted by molar-refractivity contribution is 14.0. The van der Waals surface area contributed by atoms with Gasteiger partial charge in [-0.25, -0.2) is 4.99 Å². The lowest BCUT2D eigenvalue weighted by atomic mass is 10.0. The molecule has 0 saturated carbocycles. The summed E-state index contributed by atoms with van der Waals surface area (Å²) in [6, 6.07) is 16.4. The largest absolute Gasteiger partial charge is 0.493 e. The summed E-state index contributed by atoms with van der Waals surface area (Å²) in [5, 5.41) is 6.72. The van der Waals surface area contributed by atoms with E-state index in [4.69, 9.17) is 9.47 Å². The van der Waals surface area contributed by atoms with Gasteiger partial charge in [0.1, 0.15) is 0 Å². The van der Waals surface area contributed by atoms with Gasteiger partial charge in [-0.1, -0.05) is 43.3 Å². The Bertz CT molecular complexity index is 708. The maximum Gasteiger partial charge on any atom is 0.191 e. The molecule has 0 aromatic heterocycles. The minimum Gasteiger partial charge on any atom is -0.493 e. The van der Waals surface area contributed by atoms with Crippen LogP contribution < -0.4 is 20.1 Å². The van der Waals surface area contributed by atoms with Crippen LogP contribution in [0, 0.1) is 0 Å². The zero-order valence-corrected chi connectivity index (χ0v) is 18.8. The number of aliphatic imine (C=N–C) groups is 1. The number of guanidine groups is 1. The van der Waals surface area contributed by atoms with Gasteiger partial charge in [0.25, 0.3) is 0 Å². The Balaban J connectivity index is 0.00000364. The van der Waals surface area contributed by atoms with Crippen LogP contribution in [0.25, 0.3) is 0 Å². The lowest BCUT2D eigenvalue weighted by Crippen LogP contribution is -2.39. The van der Waals surface area contributed by atoms with Crippen molar-refractivity contribution in [1.29, 1.82) is 0 Å². The van der Waals surface area contributed by atoms with E-state index in [-0.39, 0.29) is 24.0 Å². The molecular formula is C21H30IN3O2. The van der Waals surface area contributed by atoms with Gasteiger partial charge < -0.3 is 20.1 Å². The van der Waals surface area contributed by atoms with E-state index in [1.165, 1.54) is 5.56 Å². The van der Waals surface area contributed by atoms with Crippen molar-refractivity contribution in [3.63, 3.8) is 0 Å². The molecule has 0 fully saturated rings. The summed E-state index contributed by atoms with van der Waals surface area (Å²) in [5.74, 6) is 2.66. The topological polar surface area (TPSA) is 54.9 Å². The summed E-state index contributed by atoms with van der Waals surface area (Å²) < 4.78 is 10.6. The van der Waals surface area contributed by atoms with Crippen molar-refractivity contribution in [1.82, 2.24) is 10.6 Å². The fourth-order valence-corrected chi connectivity index (χ4v) is 2.64. The summed E-state index contributed by atoms with van der Waals surface area (Å²) in [5.41, 5.74) is 2.38. The fraction of sp³-hybridized carbons (Fsp3) is 0.381. The van der Waals surface area contributed by atoms with Crippen LogP contribution in [0.4, 0.5) is 0 Å². The zero-order valence-electron chi connectivity index (χ0n) is 16.5. The molecule has 0 spiro atoms. The second kappa shape index (κ2) is 12.4. The third-order valence-electron chi connectivity index (χ3n) is 4.16. The molecule has 27 heavy (non-hydrogen) atoms. The Morgan fingerprint density at radius 1 is 1.00 bits per heavy atom. The number of hydrogen-bond donors (Lipinski definition) is 2. The molecule has 1 atom stereocenters. The maximum atomic E-state index is 5.35. The van der Waals surface area contributed by atoms with Crippen LogP contribution in [0.3, 0.4) is 0 Å². The monoisotopic (exact) mass is 483 g/mol. The highest BCUT2D eigenvalue weighted by atomic mass is 127. The van der Waals surface area contributed by atoms with Crippen LogP contribution in [0.1, 0.15) is 30.9 Å². The second-order valence-corrected chi connectivity index (χ2v) is 6.08. The quantitative estimate of drug-likeness (QED) is 0.336. The summed E-state index contributed by atoms with van der Waals surface area (Å²) in [7, 11) is 3.28. The lowest BCUT2D eigenvalue weighted by molar-refractivity contribution is 0.354. The Morgan fingerprint density at radius 3 is 2.33 bits per heavy atom. The van der Waals surface area contributed by atoms with Crippen molar-refractivity contribution in [2.45, 2.75) is 26.3 Å². The molecule has 0 heterocycles. The number of benzene rings is 2. The van der Waals surface area contributed by atoms with Gasteiger partial charge in [0.15, 0.2) is 17.5 Å². The molecule has 5 nitrogen and oxygen atoms in total. The molecule has 0 radical (unpaired) electrons. The molecule has 2 rings (SSSR count). The SMILES string of the molecule is CCNC(=NCc1ccc(OC)c(OC)c1)NCC(C)c1ccccc1.I. The number of ether oxygens (including phenoxy) is 2. The van der Waals surface area contributed by atoms with Gasteiger partial charge >= 0.3 is 0 Å². The average molecular weight is 483 g/mol. The van der Waals surface area contributed by atoms with Crippen LogP contribution >= 0.6 is 24.0 Å². The molecule has 2 aromatic carbocycles. The van der Waals surface area contributed by atoms with E-state index in [1.807, 2.05) is 24.3 Å². The summed E-state index contributed by atoms with van der Waals surface area (Å²) in [6.45, 7) is 6.48. The van der Waals surface area contributed by atoms with Crippen molar-refractivity contribution in [3.8, 4) is 11.5 Å². The highest BCUT2D eigenvalue weighted by Crippen LogP contribution is 2.27. The molecule has 0 aliphatic heterocycles. The number of nitrogens with one attached hydrogen (secondary N) is 2. The second-order valence-electron chi connectivity index (χ2n) is 6.08. The average Bonchev–Trinajstić information content (AvgIpc) is 2.70. The number of methoxy groups -OCH3 is 2. The zero-order chi connectivity index (χ0) is 18.8. The Kier molecular flexibility index (Phi) is 10.6. The number of nitrogens with zero attached hydrogens (tertiary/aromatic N) is 1. The molecule has 148 valence electrons. The summed E-state index contributed by atoms with van der Waals surface area (Å²) in [6.07, 6.45) is 0. The van der Waals surface area contributed by atoms with Crippen LogP contribution in [0.2, 0.25) is 0 Å². The summed E-state index contributed by atoms with van der Waals surface area (Å²) >= 11 is 0. The molecule has 2 N–H and O–H groups in total. The third-order valence-corrected chi connectivity index (χ3v) is 4.16. The fourth-order valence-electron chi connectivity index (χ4n) is 2.64. The Morgan fingerprint density at radius 2 is 1.70 bits per heavy atom. The highest BCUT2D eigenvalue weighted by Gasteiger charge is 2.07. The van der Waals surface area contributed by atoms with Crippen molar-refractivity contribution in [2.75, 3.05) is 27.3 Å². The molecule has 0 aliphatic carbocycles. The minimum absolute atomic E-state index is 0. The number of halogens is 1. The third kappa shape index (κ3) is 7.28. The van der Waals surface area contributed by atoms with E-state index in [0.29, 0.717) is 12.5 Å². The standard InChI is InChI=1S/C21H29N3O2.HI/c1-5-22-21(23-14-16(2)18-9-7-6-8-10-18)24-15-17-11-12-19(25-3)20(13-17)26-4;/h6-13,16H,5,14-15H2,1-4H3,(H2,22,23,24);1H. The van der Waals surface area contributed by atoms with Gasteiger partial charge in [0.2, 0.25) is 0 Å². The van der Waals surface area contributed by atoms with Gasteiger partial charge in [-0.15, -0.1) is 24.0 Å². The first-order valence-corrected chi connectivity index (χ1v) is 8.96. The Labute approximate surface area is 179 Å². The Hall–Kier alpha value is -1.96. The predicted octanol–water partition coefficient (Wildman–Crippen LogP) is 4.18. The van der Waals surface area contributed by atoms with E-state index in [9.17, 15) is 0 Å². The molecule has 0 bridgehead atoms. The van der Waals surface area contributed by atoms with E-state index >= 15 is 0 Å². The lowest BCUT2D eigenvalue weighted by Gasteiger charge is -2.16. The van der Waals surface area contributed by atoms with Crippen molar-refractivity contribution in [3.05, 3.63) is 59.7 Å². The molecule has 0 amide bonds. The van der Waals surface area contributed by atoms with Crippen LogP contribution in [-0.4, -0.2) is 33.3 Å². The molecule has 1 unspecified atom stereocenters. The van der Waals surface area contributed by atoms with Crippen LogP contribution in [0.5, 0.6) is 11.5 Å². The predicted molar refractivity (Wildman–Crippen MR) is 123 cm³/mol. The number of rotatable bonds is 8. The smallest absolute Gasteiger partial charge is 0.191 e. The number of hydrogen-bond acceptors (Lipinski definition) is 3. The first kappa shape index (κ1) is 23.1. The summed E-state index contributed by atoms with van der Waals surface area (Å²) in [4.78, 5) is 4.68. The van der Waals surface area contributed by atoms with Gasteiger partial charge in [0.05, 0.1) is 20.8 Å². The van der Waals surface area contributed by atoms with E-state index < -0.39 is 0 Å². The van der Waals surface area contributed by atoms with Crippen LogP contribution in [0.15, 0.2) is 53.5 Å². The van der Waals surface area contributed by atoms with Crippen LogP contribution in [-0.2, 0) is 6.54 Å². The maximum absolute atomic E-state index is 5.35. The van der Waals surface area contributed by atoms with E-state index in [0.717, 1.165) is 36.1 Å². The minimum atomic E-state index is 0. The van der Waals surface area contributed by atoms with E-state index in [2.05, 4.69) is 53.7 Å². The molecular weight excluding hydrogens is 453 g/mol. The molecule has 2 aromatic rings. The van der Waals surface area contributed by atoms with E-state index in [1.54, 1.807) is 14.2 Å².